The third kappa shape index (κ3) is 4.96. The molecule has 0 fully saturated rings. The van der Waals surface area contributed by atoms with Gasteiger partial charge in [0.05, 0.1) is 11.4 Å². The summed E-state index contributed by atoms with van der Waals surface area (Å²) in [6, 6.07) is 16.3. The summed E-state index contributed by atoms with van der Waals surface area (Å²) in [5.74, 6) is -1.12. The van der Waals surface area contributed by atoms with E-state index in [9.17, 15) is 9.59 Å². The lowest BCUT2D eigenvalue weighted by Crippen LogP contribution is -2.35. The lowest BCUT2D eigenvalue weighted by atomic mass is 10.2. The molecule has 1 atom stereocenters. The number of para-hydroxylation sites is 1. The van der Waals surface area contributed by atoms with Gasteiger partial charge in [-0.2, -0.15) is 5.10 Å². The van der Waals surface area contributed by atoms with Gasteiger partial charge in [-0.3, -0.25) is 4.79 Å². The van der Waals surface area contributed by atoms with Gasteiger partial charge in [0.1, 0.15) is 10.7 Å². The number of amides is 1. The minimum absolute atomic E-state index is 0.132. The van der Waals surface area contributed by atoms with Crippen LogP contribution in [0.1, 0.15) is 28.5 Å². The van der Waals surface area contributed by atoms with Crippen molar-refractivity contribution in [1.82, 2.24) is 15.1 Å². The van der Waals surface area contributed by atoms with Crippen LogP contribution in [0.3, 0.4) is 0 Å². The number of hydrogen-bond acceptors (Lipinski definition) is 4. The average molecular weight is 432 g/mol. The number of halogens is 2. The number of aromatic nitrogens is 2. The van der Waals surface area contributed by atoms with Gasteiger partial charge in [0.2, 0.25) is 0 Å². The van der Waals surface area contributed by atoms with Gasteiger partial charge in [-0.1, -0.05) is 53.5 Å². The summed E-state index contributed by atoms with van der Waals surface area (Å²) < 4.78 is 6.76. The molecule has 0 radical (unpaired) electrons. The average Bonchev–Trinajstić information content (AvgIpc) is 3.02. The Balaban J connectivity index is 1.65. The molecule has 0 saturated heterocycles. The zero-order valence-corrected chi connectivity index (χ0v) is 17.4. The third-order valence-corrected chi connectivity index (χ3v) is 4.84. The summed E-state index contributed by atoms with van der Waals surface area (Å²) in [7, 11) is 0. The predicted molar refractivity (Wildman–Crippen MR) is 111 cm³/mol. The first-order valence-corrected chi connectivity index (χ1v) is 9.66. The molecule has 0 spiro atoms. The Kier molecular flexibility index (Phi) is 6.56. The Bertz CT molecular complexity index is 1020. The third-order valence-electron chi connectivity index (χ3n) is 4.24. The van der Waals surface area contributed by atoms with E-state index in [0.29, 0.717) is 22.9 Å². The Labute approximate surface area is 178 Å². The number of rotatable bonds is 6. The van der Waals surface area contributed by atoms with Gasteiger partial charge < -0.3 is 10.1 Å². The fraction of sp³-hybridized carbons (Fsp3) is 0.190. The minimum Gasteiger partial charge on any atom is -0.449 e. The Morgan fingerprint density at radius 2 is 1.76 bits per heavy atom. The molecule has 0 aliphatic rings. The Morgan fingerprint density at radius 1 is 1.10 bits per heavy atom. The molecule has 1 aromatic heterocycles. The van der Waals surface area contributed by atoms with Crippen molar-refractivity contribution in [1.29, 1.82) is 0 Å². The predicted octanol–water partition coefficient (Wildman–Crippen LogP) is 4.35. The summed E-state index contributed by atoms with van der Waals surface area (Å²) in [5, 5.41) is 7.78. The van der Waals surface area contributed by atoms with Gasteiger partial charge in [-0.25, -0.2) is 9.48 Å². The second-order valence-corrected chi connectivity index (χ2v) is 7.18. The van der Waals surface area contributed by atoms with Crippen LogP contribution in [0.15, 0.2) is 54.6 Å². The van der Waals surface area contributed by atoms with E-state index < -0.39 is 18.0 Å². The van der Waals surface area contributed by atoms with Crippen molar-refractivity contribution in [3.05, 3.63) is 81.6 Å². The van der Waals surface area contributed by atoms with Gasteiger partial charge in [-0.05, 0) is 43.7 Å². The highest BCUT2D eigenvalue weighted by Gasteiger charge is 2.26. The minimum atomic E-state index is -0.995. The molecule has 150 valence electrons. The van der Waals surface area contributed by atoms with E-state index in [4.69, 9.17) is 27.9 Å². The second kappa shape index (κ2) is 9.11. The molecule has 0 bridgehead atoms. The molecule has 3 aromatic rings. The number of benzene rings is 2. The molecule has 29 heavy (non-hydrogen) atoms. The maximum Gasteiger partial charge on any atom is 0.344 e. The van der Waals surface area contributed by atoms with E-state index >= 15 is 0 Å². The number of ether oxygens (including phenoxy) is 1. The highest BCUT2D eigenvalue weighted by atomic mass is 35.5. The van der Waals surface area contributed by atoms with E-state index in [1.807, 2.05) is 30.3 Å². The Morgan fingerprint density at radius 3 is 2.41 bits per heavy atom. The smallest absolute Gasteiger partial charge is 0.344 e. The highest BCUT2D eigenvalue weighted by molar-refractivity contribution is 6.33. The van der Waals surface area contributed by atoms with Crippen LogP contribution in [0.25, 0.3) is 5.69 Å². The molecule has 8 heteroatoms. The topological polar surface area (TPSA) is 73.2 Å². The van der Waals surface area contributed by atoms with Crippen molar-refractivity contribution in [3.8, 4) is 5.69 Å². The molecule has 6 nitrogen and oxygen atoms in total. The molecule has 2 aromatic carbocycles. The number of hydrogen-bond donors (Lipinski definition) is 1. The first-order chi connectivity index (χ1) is 13.9. The summed E-state index contributed by atoms with van der Waals surface area (Å²) in [6.45, 7) is 3.46. The number of aryl methyl sites for hydroxylation is 1. The van der Waals surface area contributed by atoms with Gasteiger partial charge in [0, 0.05) is 11.6 Å². The Hall–Kier alpha value is -2.83. The van der Waals surface area contributed by atoms with Crippen LogP contribution in [-0.2, 0) is 16.1 Å². The van der Waals surface area contributed by atoms with Crippen LogP contribution in [-0.4, -0.2) is 27.8 Å². The van der Waals surface area contributed by atoms with E-state index in [1.165, 1.54) is 11.6 Å². The molecule has 1 heterocycles. The summed E-state index contributed by atoms with van der Waals surface area (Å²) in [5.41, 5.74) is 2.14. The largest absolute Gasteiger partial charge is 0.449 e. The summed E-state index contributed by atoms with van der Waals surface area (Å²) in [4.78, 5) is 24.9. The maximum atomic E-state index is 12.6. The van der Waals surface area contributed by atoms with Gasteiger partial charge in [-0.15, -0.1) is 0 Å². The van der Waals surface area contributed by atoms with Crippen molar-refractivity contribution >= 4 is 35.1 Å². The molecule has 0 aliphatic heterocycles. The molecule has 0 saturated carbocycles. The SMILES string of the molecule is Cc1nn(-c2ccccc2)c(Cl)c1C(=O)OC(C)C(=O)NCc1ccc(Cl)cc1. The quantitative estimate of drug-likeness (QED) is 0.588. The number of nitrogens with zero attached hydrogens (tertiary/aromatic N) is 2. The van der Waals surface area contributed by atoms with Crippen molar-refractivity contribution < 1.29 is 14.3 Å². The fourth-order valence-electron chi connectivity index (χ4n) is 2.68. The van der Waals surface area contributed by atoms with E-state index in [0.717, 1.165) is 5.56 Å². The van der Waals surface area contributed by atoms with Crippen LogP contribution in [0.4, 0.5) is 0 Å². The lowest BCUT2D eigenvalue weighted by molar-refractivity contribution is -0.129. The zero-order valence-electron chi connectivity index (χ0n) is 15.9. The number of esters is 1. The number of carbonyl (C=O) groups excluding carboxylic acids is 2. The molecule has 1 amide bonds. The van der Waals surface area contributed by atoms with Crippen LogP contribution >= 0.6 is 23.2 Å². The van der Waals surface area contributed by atoms with Crippen molar-refractivity contribution in [2.45, 2.75) is 26.5 Å². The lowest BCUT2D eigenvalue weighted by Gasteiger charge is -2.13. The normalized spacial score (nSPS) is 11.7. The van der Waals surface area contributed by atoms with Crippen LogP contribution in [0.5, 0.6) is 0 Å². The summed E-state index contributed by atoms with van der Waals surface area (Å²) >= 11 is 12.2. The van der Waals surface area contributed by atoms with E-state index in [-0.39, 0.29) is 10.7 Å². The van der Waals surface area contributed by atoms with Crippen LogP contribution < -0.4 is 5.32 Å². The first kappa shape index (κ1) is 20.9. The molecule has 1 unspecified atom stereocenters. The first-order valence-electron chi connectivity index (χ1n) is 8.90. The summed E-state index contributed by atoms with van der Waals surface area (Å²) in [6.07, 6.45) is -0.995. The molecule has 1 N–H and O–H groups in total. The highest BCUT2D eigenvalue weighted by Crippen LogP contribution is 2.24. The van der Waals surface area contributed by atoms with E-state index in [2.05, 4.69) is 10.4 Å². The number of nitrogens with one attached hydrogen (secondary N) is 1. The molecular formula is C21H19Cl2N3O3. The van der Waals surface area contributed by atoms with Crippen LogP contribution in [0, 0.1) is 6.92 Å². The van der Waals surface area contributed by atoms with E-state index in [1.54, 1.807) is 31.2 Å². The molecule has 0 aliphatic carbocycles. The number of carbonyl (C=O) groups is 2. The van der Waals surface area contributed by atoms with Gasteiger partial charge in [0.15, 0.2) is 6.10 Å². The zero-order chi connectivity index (χ0) is 21.0. The van der Waals surface area contributed by atoms with Crippen molar-refractivity contribution in [2.24, 2.45) is 0 Å². The molecular weight excluding hydrogens is 413 g/mol. The standard InChI is InChI=1S/C21H19Cl2N3O3/c1-13-18(19(23)26(25-13)17-6-4-3-5-7-17)21(28)29-14(2)20(27)24-12-15-8-10-16(22)11-9-15/h3-11,14H,12H2,1-2H3,(H,24,27). The maximum absolute atomic E-state index is 12.6. The van der Waals surface area contributed by atoms with Crippen molar-refractivity contribution in [3.63, 3.8) is 0 Å². The van der Waals surface area contributed by atoms with Gasteiger partial charge >= 0.3 is 5.97 Å². The molecule has 3 rings (SSSR count). The fourth-order valence-corrected chi connectivity index (χ4v) is 3.15. The van der Waals surface area contributed by atoms with Crippen LogP contribution in [0.2, 0.25) is 10.2 Å². The van der Waals surface area contributed by atoms with Crippen molar-refractivity contribution in [2.75, 3.05) is 0 Å². The van der Waals surface area contributed by atoms with Gasteiger partial charge in [0.25, 0.3) is 5.91 Å². The second-order valence-electron chi connectivity index (χ2n) is 6.39. The monoisotopic (exact) mass is 431 g/mol.